The summed E-state index contributed by atoms with van der Waals surface area (Å²) in [6.07, 6.45) is 2.16. The number of carbonyl (C=O) groups excluding carboxylic acids is 2. The van der Waals surface area contributed by atoms with Gasteiger partial charge in [-0.05, 0) is 36.5 Å². The molecule has 7 nitrogen and oxygen atoms in total. The van der Waals surface area contributed by atoms with E-state index in [1.807, 2.05) is 42.5 Å². The number of aromatic amines is 1. The number of amides is 1. The van der Waals surface area contributed by atoms with Crippen molar-refractivity contribution in [3.8, 4) is 11.1 Å². The molecule has 156 valence electrons. The van der Waals surface area contributed by atoms with E-state index in [0.717, 1.165) is 16.7 Å². The molecule has 3 rings (SSSR count). The molecule has 0 aliphatic rings. The highest BCUT2D eigenvalue weighted by Crippen LogP contribution is 2.29. The van der Waals surface area contributed by atoms with Crippen LogP contribution < -0.4 is 5.32 Å². The van der Waals surface area contributed by atoms with Crippen LogP contribution in [0.15, 0.2) is 60.8 Å². The van der Waals surface area contributed by atoms with E-state index in [0.29, 0.717) is 12.8 Å². The third-order valence-electron chi connectivity index (χ3n) is 5.05. The Labute approximate surface area is 188 Å². The lowest BCUT2D eigenvalue weighted by Crippen LogP contribution is -2.43. The van der Waals surface area contributed by atoms with Gasteiger partial charge in [0.1, 0.15) is 0 Å². The molecule has 0 aliphatic heterocycles. The summed E-state index contributed by atoms with van der Waals surface area (Å²) in [5.74, 6) is -0.379. The fraction of sp³-hybridized carbons (Fsp3) is 0.273. The smallest absolute Gasteiger partial charge is 0.273 e. The maximum Gasteiger partial charge on any atom is 0.273 e. The second-order valence-electron chi connectivity index (χ2n) is 7.49. The third kappa shape index (κ3) is 5.51. The van der Waals surface area contributed by atoms with Crippen LogP contribution in [-0.4, -0.2) is 42.9 Å². The van der Waals surface area contributed by atoms with Gasteiger partial charge in [0.2, 0.25) is 3.79 Å². The van der Waals surface area contributed by atoms with Crippen molar-refractivity contribution >= 4 is 32.3 Å². The van der Waals surface area contributed by atoms with Crippen molar-refractivity contribution in [2.75, 3.05) is 6.61 Å². The first-order valence-electron chi connectivity index (χ1n) is 9.53. The van der Waals surface area contributed by atoms with Crippen LogP contribution in [0.1, 0.15) is 29.4 Å². The fourth-order valence-electron chi connectivity index (χ4n) is 3.24. The third-order valence-corrected chi connectivity index (χ3v) is 6.35. The zero-order valence-corrected chi connectivity index (χ0v) is 18.7. The highest BCUT2D eigenvalue weighted by Gasteiger charge is 2.34. The number of H-pyrrole nitrogens is 1. The van der Waals surface area contributed by atoms with E-state index >= 15 is 0 Å². The van der Waals surface area contributed by atoms with Gasteiger partial charge >= 0.3 is 0 Å². The number of aliphatic hydroxyl groups excluding tert-OH is 1. The van der Waals surface area contributed by atoms with Crippen molar-refractivity contribution in [1.29, 1.82) is 0 Å². The van der Waals surface area contributed by atoms with Crippen molar-refractivity contribution < 1.29 is 14.7 Å². The minimum absolute atomic E-state index is 0.150. The molecule has 0 saturated carbocycles. The van der Waals surface area contributed by atoms with Crippen LogP contribution in [0.3, 0.4) is 0 Å². The molecule has 0 fully saturated rings. The molecular formula is C22H23IN4O3. The molecule has 8 heteroatoms. The van der Waals surface area contributed by atoms with Gasteiger partial charge in [0.05, 0.1) is 18.2 Å². The Hall–Kier alpha value is -2.59. The lowest BCUT2D eigenvalue weighted by Gasteiger charge is -2.29. The lowest BCUT2D eigenvalue weighted by atomic mass is 9.83. The van der Waals surface area contributed by atoms with Crippen LogP contribution in [-0.2, 0) is 11.2 Å². The van der Waals surface area contributed by atoms with Crippen LogP contribution in [0.25, 0.3) is 11.1 Å². The van der Waals surface area contributed by atoms with Gasteiger partial charge in [-0.25, -0.2) is 0 Å². The zero-order chi connectivity index (χ0) is 21.6. The highest BCUT2D eigenvalue weighted by atomic mass is 127. The Morgan fingerprint density at radius 3 is 2.37 bits per heavy atom. The number of aromatic nitrogens is 3. The lowest BCUT2D eigenvalue weighted by molar-refractivity contribution is -0.119. The van der Waals surface area contributed by atoms with E-state index in [9.17, 15) is 14.7 Å². The maximum atomic E-state index is 12.5. The van der Waals surface area contributed by atoms with Crippen LogP contribution in [0.2, 0.25) is 0 Å². The predicted octanol–water partition coefficient (Wildman–Crippen LogP) is 3.16. The molecule has 0 bridgehead atoms. The standard InChI is InChI=1S/C22H23IN4O3/c1-22(14-28,21(23)30)12-18(25-20(29)19-13-24-27-26-19)11-15-7-9-17(10-8-15)16-5-3-2-4-6-16/h2-10,13,18,28H,11-12,14H2,1H3,(H,25,29)(H,24,26,27)/t18-,22?/m1/s1. The minimum atomic E-state index is -0.952. The molecule has 3 aromatic rings. The molecule has 2 aromatic carbocycles. The minimum Gasteiger partial charge on any atom is -0.395 e. The predicted molar refractivity (Wildman–Crippen MR) is 122 cm³/mol. The summed E-state index contributed by atoms with van der Waals surface area (Å²) in [6.45, 7) is 1.41. The molecule has 0 saturated heterocycles. The molecular weight excluding hydrogens is 495 g/mol. The Balaban J connectivity index is 1.79. The average molecular weight is 518 g/mol. The van der Waals surface area contributed by atoms with Gasteiger partial charge in [-0.1, -0.05) is 54.6 Å². The van der Waals surface area contributed by atoms with Crippen LogP contribution in [0.4, 0.5) is 0 Å². The van der Waals surface area contributed by atoms with Crippen molar-refractivity contribution in [2.24, 2.45) is 5.41 Å². The zero-order valence-electron chi connectivity index (χ0n) is 16.5. The van der Waals surface area contributed by atoms with Crippen LogP contribution in [0, 0.1) is 5.41 Å². The molecule has 0 aliphatic carbocycles. The summed E-state index contributed by atoms with van der Waals surface area (Å²) in [5, 5.41) is 22.6. The number of nitrogens with zero attached hydrogens (tertiary/aromatic N) is 2. The molecule has 1 aromatic heterocycles. The van der Waals surface area contributed by atoms with Crippen molar-refractivity contribution in [2.45, 2.75) is 25.8 Å². The summed E-state index contributed by atoms with van der Waals surface area (Å²) < 4.78 is -0.150. The first kappa shape index (κ1) is 22.1. The number of hydrogen-bond acceptors (Lipinski definition) is 5. The van der Waals surface area contributed by atoms with Crippen LogP contribution >= 0.6 is 22.6 Å². The van der Waals surface area contributed by atoms with E-state index in [-0.39, 0.29) is 28.0 Å². The summed E-state index contributed by atoms with van der Waals surface area (Å²) >= 11 is 1.70. The van der Waals surface area contributed by atoms with Crippen molar-refractivity contribution in [3.63, 3.8) is 0 Å². The monoisotopic (exact) mass is 518 g/mol. The fourth-order valence-corrected chi connectivity index (χ4v) is 3.63. The molecule has 1 unspecified atom stereocenters. The number of benzene rings is 2. The molecule has 1 heterocycles. The van der Waals surface area contributed by atoms with Gasteiger partial charge in [-0.3, -0.25) is 9.59 Å². The van der Waals surface area contributed by atoms with Gasteiger partial charge in [0.15, 0.2) is 5.69 Å². The molecule has 2 atom stereocenters. The second kappa shape index (κ2) is 9.94. The van der Waals surface area contributed by atoms with Crippen LogP contribution in [0.5, 0.6) is 0 Å². The average Bonchev–Trinajstić information content (AvgIpc) is 3.30. The first-order valence-corrected chi connectivity index (χ1v) is 10.6. The Bertz CT molecular complexity index is 977. The topological polar surface area (TPSA) is 108 Å². The summed E-state index contributed by atoms with van der Waals surface area (Å²) in [5.41, 5.74) is 2.47. The van der Waals surface area contributed by atoms with E-state index in [4.69, 9.17) is 0 Å². The van der Waals surface area contributed by atoms with Gasteiger partial charge in [0, 0.05) is 28.6 Å². The van der Waals surface area contributed by atoms with Gasteiger partial charge < -0.3 is 10.4 Å². The molecule has 0 spiro atoms. The number of hydrogen-bond donors (Lipinski definition) is 3. The first-order chi connectivity index (χ1) is 14.4. The number of nitrogens with one attached hydrogen (secondary N) is 2. The van der Waals surface area contributed by atoms with Gasteiger partial charge in [-0.15, -0.1) is 0 Å². The van der Waals surface area contributed by atoms with Gasteiger partial charge in [0.25, 0.3) is 5.91 Å². The second-order valence-corrected chi connectivity index (χ2v) is 8.47. The summed E-state index contributed by atoms with van der Waals surface area (Å²) in [7, 11) is 0. The Morgan fingerprint density at radius 1 is 1.13 bits per heavy atom. The Morgan fingerprint density at radius 2 is 1.80 bits per heavy atom. The summed E-state index contributed by atoms with van der Waals surface area (Å²) in [6, 6.07) is 17.8. The number of rotatable bonds is 9. The molecule has 0 radical (unpaired) electrons. The SMILES string of the molecule is CC(CO)(C[C@@H](Cc1ccc(-c2ccccc2)cc1)NC(=O)c1cn[nH]n1)C(=O)I. The van der Waals surface area contributed by atoms with Crippen molar-refractivity contribution in [1.82, 2.24) is 20.7 Å². The van der Waals surface area contributed by atoms with E-state index in [2.05, 4.69) is 32.9 Å². The quantitative estimate of drug-likeness (QED) is 0.298. The molecule has 30 heavy (non-hydrogen) atoms. The number of aliphatic hydroxyl groups is 1. The normalized spacial score (nSPS) is 14.0. The molecule has 1 amide bonds. The molecule has 3 N–H and O–H groups in total. The summed E-state index contributed by atoms with van der Waals surface area (Å²) in [4.78, 5) is 24.6. The van der Waals surface area contributed by atoms with E-state index < -0.39 is 5.41 Å². The van der Waals surface area contributed by atoms with E-state index in [1.54, 1.807) is 29.5 Å². The Kier molecular flexibility index (Phi) is 7.33. The van der Waals surface area contributed by atoms with Crippen molar-refractivity contribution in [3.05, 3.63) is 72.1 Å². The van der Waals surface area contributed by atoms with Gasteiger partial charge in [-0.2, -0.15) is 15.4 Å². The van der Waals surface area contributed by atoms with E-state index in [1.165, 1.54) is 6.20 Å². The number of carbonyl (C=O) groups is 2. The largest absolute Gasteiger partial charge is 0.395 e. The highest BCUT2D eigenvalue weighted by molar-refractivity contribution is 14.1. The number of halogens is 1. The maximum absolute atomic E-state index is 12.5.